The van der Waals surface area contributed by atoms with Gasteiger partial charge in [0.05, 0.1) is 7.11 Å². The van der Waals surface area contributed by atoms with Crippen LogP contribution in [0.15, 0.2) is 57.7 Å². The predicted octanol–water partition coefficient (Wildman–Crippen LogP) is 3.40. The number of hydrogen-bond acceptors (Lipinski definition) is 5. The molecule has 0 aliphatic carbocycles. The van der Waals surface area contributed by atoms with E-state index in [9.17, 15) is 9.59 Å². The number of aryl methyl sites for hydroxylation is 1. The van der Waals surface area contributed by atoms with Crippen molar-refractivity contribution < 1.29 is 18.7 Å². The lowest BCUT2D eigenvalue weighted by Gasteiger charge is -2.19. The molecule has 0 fully saturated rings. The molecule has 1 heterocycles. The smallest absolute Gasteiger partial charge is 0.336 e. The maximum absolute atomic E-state index is 12.4. The molecule has 0 radical (unpaired) electrons. The van der Waals surface area contributed by atoms with Crippen LogP contribution >= 0.6 is 0 Å². The Morgan fingerprint density at radius 2 is 1.89 bits per heavy atom. The normalized spacial score (nSPS) is 10.7. The summed E-state index contributed by atoms with van der Waals surface area (Å²) >= 11 is 0. The molecule has 2 aromatic carbocycles. The average Bonchev–Trinajstić information content (AvgIpc) is 2.71. The SMILES string of the molecule is CCc1cc(=O)oc2cc(OCC(=O)N(C)Cc3ccccc3OC)ccc12. The van der Waals surface area contributed by atoms with Gasteiger partial charge in [0.1, 0.15) is 17.1 Å². The summed E-state index contributed by atoms with van der Waals surface area (Å²) in [5.74, 6) is 1.04. The van der Waals surface area contributed by atoms with Gasteiger partial charge in [0.15, 0.2) is 6.61 Å². The Kier molecular flexibility index (Phi) is 5.99. The lowest BCUT2D eigenvalue weighted by atomic mass is 10.1. The number of methoxy groups -OCH3 is 1. The summed E-state index contributed by atoms with van der Waals surface area (Å²) in [6, 6.07) is 14.3. The number of carbonyl (C=O) groups excluding carboxylic acids is 1. The zero-order valence-corrected chi connectivity index (χ0v) is 16.2. The highest BCUT2D eigenvalue weighted by molar-refractivity contribution is 5.82. The molecular formula is C22H23NO5. The fraction of sp³-hybridized carbons (Fsp3) is 0.273. The first-order valence-electron chi connectivity index (χ1n) is 9.07. The largest absolute Gasteiger partial charge is 0.496 e. The Labute approximate surface area is 163 Å². The second kappa shape index (κ2) is 8.61. The van der Waals surface area contributed by atoms with E-state index >= 15 is 0 Å². The van der Waals surface area contributed by atoms with Gasteiger partial charge in [-0.1, -0.05) is 25.1 Å². The second-order valence-electron chi connectivity index (χ2n) is 6.45. The predicted molar refractivity (Wildman–Crippen MR) is 107 cm³/mol. The van der Waals surface area contributed by atoms with E-state index in [0.29, 0.717) is 17.9 Å². The average molecular weight is 381 g/mol. The molecule has 1 aromatic heterocycles. The van der Waals surface area contributed by atoms with Gasteiger partial charge in [0.25, 0.3) is 5.91 Å². The molecule has 3 rings (SSSR count). The van der Waals surface area contributed by atoms with Crippen LogP contribution < -0.4 is 15.1 Å². The van der Waals surface area contributed by atoms with Gasteiger partial charge in [-0.25, -0.2) is 4.79 Å². The fourth-order valence-electron chi connectivity index (χ4n) is 3.03. The molecular weight excluding hydrogens is 358 g/mol. The van der Waals surface area contributed by atoms with E-state index in [-0.39, 0.29) is 12.5 Å². The van der Waals surface area contributed by atoms with Crippen molar-refractivity contribution in [1.29, 1.82) is 0 Å². The molecule has 0 saturated carbocycles. The van der Waals surface area contributed by atoms with Gasteiger partial charge in [0, 0.05) is 36.7 Å². The van der Waals surface area contributed by atoms with E-state index in [0.717, 1.165) is 28.7 Å². The molecule has 0 N–H and O–H groups in total. The number of para-hydroxylation sites is 1. The van der Waals surface area contributed by atoms with Crippen molar-refractivity contribution in [3.63, 3.8) is 0 Å². The minimum absolute atomic E-state index is 0.116. The van der Waals surface area contributed by atoms with Crippen LogP contribution in [-0.2, 0) is 17.8 Å². The van der Waals surface area contributed by atoms with E-state index in [1.165, 1.54) is 6.07 Å². The number of rotatable bonds is 7. The minimum atomic E-state index is -0.394. The topological polar surface area (TPSA) is 69.0 Å². The maximum Gasteiger partial charge on any atom is 0.336 e. The molecule has 0 spiro atoms. The number of benzene rings is 2. The molecule has 28 heavy (non-hydrogen) atoms. The molecule has 3 aromatic rings. The van der Waals surface area contributed by atoms with Crippen LogP contribution in [-0.4, -0.2) is 31.6 Å². The molecule has 146 valence electrons. The third-order valence-corrected chi connectivity index (χ3v) is 4.57. The third-order valence-electron chi connectivity index (χ3n) is 4.57. The number of carbonyl (C=O) groups is 1. The van der Waals surface area contributed by atoms with Crippen molar-refractivity contribution in [1.82, 2.24) is 4.90 Å². The van der Waals surface area contributed by atoms with Gasteiger partial charge in [-0.3, -0.25) is 4.79 Å². The maximum atomic E-state index is 12.4. The number of fused-ring (bicyclic) bond motifs is 1. The van der Waals surface area contributed by atoms with Crippen molar-refractivity contribution in [2.45, 2.75) is 19.9 Å². The molecule has 0 bridgehead atoms. The Hall–Kier alpha value is -3.28. The standard InChI is InChI=1S/C22H23NO5/c1-4-15-11-22(25)28-20-12-17(9-10-18(15)20)27-14-21(24)23(2)13-16-7-5-6-8-19(16)26-3/h5-12H,4,13-14H2,1-3H3. The van der Waals surface area contributed by atoms with E-state index in [2.05, 4.69) is 0 Å². The summed E-state index contributed by atoms with van der Waals surface area (Å²) < 4.78 is 16.2. The highest BCUT2D eigenvalue weighted by Crippen LogP contribution is 2.23. The summed E-state index contributed by atoms with van der Waals surface area (Å²) in [7, 11) is 3.32. The van der Waals surface area contributed by atoms with Crippen molar-refractivity contribution in [2.75, 3.05) is 20.8 Å². The number of ether oxygens (including phenoxy) is 2. The third kappa shape index (κ3) is 4.34. The van der Waals surface area contributed by atoms with Gasteiger partial charge in [0.2, 0.25) is 0 Å². The summed E-state index contributed by atoms with van der Waals surface area (Å²) in [4.78, 5) is 25.7. The molecule has 6 nitrogen and oxygen atoms in total. The zero-order chi connectivity index (χ0) is 20.1. The van der Waals surface area contributed by atoms with E-state index in [1.54, 1.807) is 31.2 Å². The summed E-state index contributed by atoms with van der Waals surface area (Å²) in [6.45, 7) is 2.28. The van der Waals surface area contributed by atoms with Crippen molar-refractivity contribution in [3.8, 4) is 11.5 Å². The molecule has 0 saturated heterocycles. The first-order chi connectivity index (χ1) is 13.5. The van der Waals surface area contributed by atoms with E-state index < -0.39 is 5.63 Å². The fourth-order valence-corrected chi connectivity index (χ4v) is 3.03. The van der Waals surface area contributed by atoms with E-state index in [1.807, 2.05) is 37.3 Å². The molecule has 1 amide bonds. The minimum Gasteiger partial charge on any atom is -0.496 e. The molecule has 0 aliphatic rings. The lowest BCUT2D eigenvalue weighted by molar-refractivity contribution is -0.132. The van der Waals surface area contributed by atoms with Gasteiger partial charge in [-0.05, 0) is 30.2 Å². The molecule has 0 atom stereocenters. The van der Waals surface area contributed by atoms with Crippen LogP contribution in [0, 0.1) is 0 Å². The molecule has 0 aliphatic heterocycles. The lowest BCUT2D eigenvalue weighted by Crippen LogP contribution is -2.31. The molecule has 6 heteroatoms. The van der Waals surface area contributed by atoms with Crippen LogP contribution in [0.5, 0.6) is 11.5 Å². The monoisotopic (exact) mass is 381 g/mol. The van der Waals surface area contributed by atoms with Crippen LogP contribution in [0.1, 0.15) is 18.1 Å². The van der Waals surface area contributed by atoms with Crippen molar-refractivity contribution >= 4 is 16.9 Å². The summed E-state index contributed by atoms with van der Waals surface area (Å²) in [5, 5.41) is 0.870. The van der Waals surface area contributed by atoms with Gasteiger partial charge < -0.3 is 18.8 Å². The number of hydrogen-bond donors (Lipinski definition) is 0. The Bertz CT molecular complexity index is 1040. The second-order valence-corrected chi connectivity index (χ2v) is 6.45. The van der Waals surface area contributed by atoms with Gasteiger partial charge in [-0.2, -0.15) is 0 Å². The van der Waals surface area contributed by atoms with Gasteiger partial charge >= 0.3 is 5.63 Å². The number of nitrogens with zero attached hydrogens (tertiary/aromatic N) is 1. The Balaban J connectivity index is 1.67. The number of likely N-dealkylation sites (N-methyl/N-ethyl adjacent to an activating group) is 1. The number of amides is 1. The molecule has 0 unspecified atom stereocenters. The van der Waals surface area contributed by atoms with Crippen LogP contribution in [0.2, 0.25) is 0 Å². The van der Waals surface area contributed by atoms with Crippen LogP contribution in [0.4, 0.5) is 0 Å². The summed E-state index contributed by atoms with van der Waals surface area (Å²) in [6.07, 6.45) is 0.731. The first-order valence-corrected chi connectivity index (χ1v) is 9.07. The highest BCUT2D eigenvalue weighted by atomic mass is 16.5. The summed E-state index contributed by atoms with van der Waals surface area (Å²) in [5.41, 5.74) is 1.90. The Morgan fingerprint density at radius 1 is 1.11 bits per heavy atom. The van der Waals surface area contributed by atoms with Gasteiger partial charge in [-0.15, -0.1) is 0 Å². The zero-order valence-electron chi connectivity index (χ0n) is 16.2. The highest BCUT2D eigenvalue weighted by Gasteiger charge is 2.13. The quantitative estimate of drug-likeness (QED) is 0.587. The van der Waals surface area contributed by atoms with Crippen molar-refractivity contribution in [2.24, 2.45) is 0 Å². The van der Waals surface area contributed by atoms with Crippen molar-refractivity contribution in [3.05, 3.63) is 70.1 Å². The Morgan fingerprint density at radius 3 is 2.64 bits per heavy atom. The van der Waals surface area contributed by atoms with Crippen LogP contribution in [0.25, 0.3) is 11.0 Å². The first kappa shape index (κ1) is 19.5. The van der Waals surface area contributed by atoms with Crippen LogP contribution in [0.3, 0.4) is 0 Å². The van der Waals surface area contributed by atoms with E-state index in [4.69, 9.17) is 13.9 Å².